The van der Waals surface area contributed by atoms with Crippen molar-refractivity contribution in [1.29, 1.82) is 0 Å². The van der Waals surface area contributed by atoms with Gasteiger partial charge < -0.3 is 15.0 Å². The molecule has 9 nitrogen and oxygen atoms in total. The van der Waals surface area contributed by atoms with Crippen molar-refractivity contribution >= 4 is 23.4 Å². The first-order chi connectivity index (χ1) is 19.3. The van der Waals surface area contributed by atoms with Crippen LogP contribution in [0.25, 0.3) is 4.85 Å². The molecule has 2 aliphatic heterocycles. The predicted molar refractivity (Wildman–Crippen MR) is 144 cm³/mol. The topological polar surface area (TPSA) is 84.1 Å². The van der Waals surface area contributed by atoms with E-state index in [9.17, 15) is 22.8 Å². The lowest BCUT2D eigenvalue weighted by molar-refractivity contribution is -0.137. The first kappa shape index (κ1) is 28.5. The summed E-state index contributed by atoms with van der Waals surface area (Å²) in [6.07, 6.45) is 0.0786. The maximum atomic E-state index is 13.4. The number of carbonyl (C=O) groups is 2. The van der Waals surface area contributed by atoms with Crippen LogP contribution in [-0.2, 0) is 21.2 Å². The number of aromatic nitrogens is 2. The highest BCUT2D eigenvalue weighted by Gasteiger charge is 2.47. The van der Waals surface area contributed by atoms with Gasteiger partial charge >= 0.3 is 12.3 Å². The maximum Gasteiger partial charge on any atom is 0.410 e. The molecule has 0 spiro atoms. The highest BCUT2D eigenvalue weighted by Crippen LogP contribution is 2.41. The molecule has 0 atom stereocenters. The Hall–Kier alpha value is -4.03. The molecule has 1 aromatic heterocycles. The molecule has 12 heteroatoms. The zero-order valence-corrected chi connectivity index (χ0v) is 23.1. The Morgan fingerprint density at radius 2 is 1.88 bits per heavy atom. The molecule has 2 amide bonds. The fourth-order valence-corrected chi connectivity index (χ4v) is 5.13. The number of benzene rings is 1. The first-order valence-corrected chi connectivity index (χ1v) is 13.5. The standard InChI is InChI=1S/C29H31F3N6O3/c1-27(2,3)41-26(40)37-17-22(18-37)36-14-20(15-36)7-6-19-13-34-38(16-19)28(10-5-11-28)25(39)35-21-8-9-24(33-4)23(12-21)29(30,31)32/h8-9,12-13,16,20,22H,5,10-11,14-15,17-18H2,1-3H3,(H,35,39). The lowest BCUT2D eigenvalue weighted by Gasteiger charge is -2.50. The van der Waals surface area contributed by atoms with E-state index in [1.165, 1.54) is 6.07 Å². The number of amides is 2. The summed E-state index contributed by atoms with van der Waals surface area (Å²) in [4.78, 5) is 32.3. The molecular weight excluding hydrogens is 537 g/mol. The summed E-state index contributed by atoms with van der Waals surface area (Å²) in [6, 6.07) is 3.46. The van der Waals surface area contributed by atoms with Gasteiger partial charge in [0.25, 0.3) is 5.91 Å². The summed E-state index contributed by atoms with van der Waals surface area (Å²) in [5.41, 5.74) is -2.49. The van der Waals surface area contributed by atoms with E-state index < -0.39 is 34.5 Å². The van der Waals surface area contributed by atoms with Crippen LogP contribution in [0.1, 0.15) is 51.2 Å². The predicted octanol–water partition coefficient (Wildman–Crippen LogP) is 4.87. The lowest BCUT2D eigenvalue weighted by Crippen LogP contribution is -2.66. The van der Waals surface area contributed by atoms with Gasteiger partial charge in [0.05, 0.1) is 23.9 Å². The largest absolute Gasteiger partial charge is 0.444 e. The molecule has 3 heterocycles. The monoisotopic (exact) mass is 568 g/mol. The number of halogens is 3. The molecule has 2 saturated heterocycles. The zero-order chi connectivity index (χ0) is 29.6. The molecule has 0 unspecified atom stereocenters. The van der Waals surface area contributed by atoms with Gasteiger partial charge in [-0.3, -0.25) is 14.4 Å². The van der Waals surface area contributed by atoms with Gasteiger partial charge in [-0.15, -0.1) is 0 Å². The Balaban J connectivity index is 1.16. The van der Waals surface area contributed by atoms with E-state index in [0.717, 1.165) is 31.6 Å². The van der Waals surface area contributed by atoms with Gasteiger partial charge in [0.2, 0.25) is 0 Å². The molecule has 2 aromatic rings. The van der Waals surface area contributed by atoms with Crippen LogP contribution in [-0.4, -0.2) is 69.4 Å². The van der Waals surface area contributed by atoms with Gasteiger partial charge in [0.15, 0.2) is 5.69 Å². The van der Waals surface area contributed by atoms with Crippen LogP contribution in [0, 0.1) is 24.3 Å². The molecule has 3 fully saturated rings. The second-order valence-corrected chi connectivity index (χ2v) is 11.8. The fourth-order valence-electron chi connectivity index (χ4n) is 5.13. The number of hydrogen-bond donors (Lipinski definition) is 1. The van der Waals surface area contributed by atoms with Crippen molar-refractivity contribution in [3.8, 4) is 11.8 Å². The molecule has 0 radical (unpaired) electrons. The maximum absolute atomic E-state index is 13.4. The normalized spacial score (nSPS) is 19.1. The number of hydrogen-bond acceptors (Lipinski definition) is 5. The number of nitrogens with one attached hydrogen (secondary N) is 1. The second kappa shape index (κ2) is 10.4. The van der Waals surface area contributed by atoms with Gasteiger partial charge in [-0.1, -0.05) is 17.9 Å². The lowest BCUT2D eigenvalue weighted by atomic mass is 9.76. The van der Waals surface area contributed by atoms with Crippen molar-refractivity contribution in [1.82, 2.24) is 19.6 Å². The van der Waals surface area contributed by atoms with Gasteiger partial charge in [0.1, 0.15) is 11.1 Å². The van der Waals surface area contributed by atoms with E-state index in [2.05, 4.69) is 32.0 Å². The SMILES string of the molecule is [C-]#[N+]c1ccc(NC(=O)C2(n3cc(C#CC4CN(C5CN(C(=O)OC(C)(C)C)C5)C4)cn3)CCC2)cc1C(F)(F)F. The van der Waals surface area contributed by atoms with E-state index in [0.29, 0.717) is 37.5 Å². The number of anilines is 1. The van der Waals surface area contributed by atoms with Crippen molar-refractivity contribution in [2.75, 3.05) is 31.5 Å². The van der Waals surface area contributed by atoms with Crippen molar-refractivity contribution in [3.05, 3.63) is 53.1 Å². The number of carbonyl (C=O) groups excluding carboxylic acids is 2. The third-order valence-electron chi connectivity index (χ3n) is 7.67. The summed E-state index contributed by atoms with van der Waals surface area (Å²) in [5.74, 6) is 6.12. The van der Waals surface area contributed by atoms with E-state index in [4.69, 9.17) is 11.3 Å². The molecule has 1 aliphatic carbocycles. The second-order valence-electron chi connectivity index (χ2n) is 11.8. The molecule has 5 rings (SSSR count). The molecule has 216 valence electrons. The van der Waals surface area contributed by atoms with E-state index >= 15 is 0 Å². The van der Waals surface area contributed by atoms with Crippen LogP contribution in [0.15, 0.2) is 30.6 Å². The highest BCUT2D eigenvalue weighted by molar-refractivity contribution is 5.97. The quantitative estimate of drug-likeness (QED) is 0.420. The third kappa shape index (κ3) is 5.89. The Morgan fingerprint density at radius 1 is 1.17 bits per heavy atom. The molecule has 3 aliphatic rings. The van der Waals surface area contributed by atoms with Gasteiger partial charge in [-0.25, -0.2) is 9.64 Å². The van der Waals surface area contributed by atoms with E-state index in [1.807, 2.05) is 20.8 Å². The Bertz CT molecular complexity index is 1440. The van der Waals surface area contributed by atoms with Crippen molar-refractivity contribution in [3.63, 3.8) is 0 Å². The molecule has 1 aromatic carbocycles. The number of rotatable bonds is 4. The average molecular weight is 569 g/mol. The number of likely N-dealkylation sites (tertiary alicyclic amines) is 2. The van der Waals surface area contributed by atoms with Crippen LogP contribution in [0.5, 0.6) is 0 Å². The highest BCUT2D eigenvalue weighted by atomic mass is 19.4. The number of ether oxygens (including phenoxy) is 1. The van der Waals surface area contributed by atoms with Crippen LogP contribution in [0.3, 0.4) is 0 Å². The van der Waals surface area contributed by atoms with Gasteiger partial charge in [0, 0.05) is 50.0 Å². The number of nitrogens with zero attached hydrogens (tertiary/aromatic N) is 5. The van der Waals surface area contributed by atoms with Crippen LogP contribution >= 0.6 is 0 Å². The summed E-state index contributed by atoms with van der Waals surface area (Å²) in [7, 11) is 0. The van der Waals surface area contributed by atoms with Crippen molar-refractivity contribution in [2.45, 2.75) is 63.4 Å². The van der Waals surface area contributed by atoms with E-state index in [1.54, 1.807) is 22.0 Å². The fraction of sp³-hybridized carbons (Fsp3) is 0.517. The van der Waals surface area contributed by atoms with Crippen LogP contribution in [0.4, 0.5) is 29.3 Å². The molecule has 0 bridgehead atoms. The molecule has 1 saturated carbocycles. The average Bonchev–Trinajstić information content (AvgIpc) is 3.25. The minimum atomic E-state index is -4.71. The Labute approximate surface area is 236 Å². The van der Waals surface area contributed by atoms with E-state index in [-0.39, 0.29) is 17.7 Å². The zero-order valence-electron chi connectivity index (χ0n) is 23.1. The summed E-state index contributed by atoms with van der Waals surface area (Å²) < 4.78 is 47.0. The Kier molecular flexibility index (Phi) is 7.24. The summed E-state index contributed by atoms with van der Waals surface area (Å²) >= 11 is 0. The summed E-state index contributed by atoms with van der Waals surface area (Å²) in [5, 5.41) is 6.96. The minimum absolute atomic E-state index is 0.0246. The number of alkyl halides is 3. The third-order valence-corrected chi connectivity index (χ3v) is 7.67. The van der Waals surface area contributed by atoms with Crippen molar-refractivity contribution in [2.24, 2.45) is 5.92 Å². The van der Waals surface area contributed by atoms with Crippen molar-refractivity contribution < 1.29 is 27.5 Å². The Morgan fingerprint density at radius 3 is 2.46 bits per heavy atom. The van der Waals surface area contributed by atoms with Gasteiger partial charge in [-0.05, 0) is 52.2 Å². The minimum Gasteiger partial charge on any atom is -0.444 e. The van der Waals surface area contributed by atoms with Crippen LogP contribution < -0.4 is 5.32 Å². The smallest absolute Gasteiger partial charge is 0.410 e. The van der Waals surface area contributed by atoms with Gasteiger partial charge in [-0.2, -0.15) is 18.3 Å². The first-order valence-electron chi connectivity index (χ1n) is 13.5. The van der Waals surface area contributed by atoms with Crippen LogP contribution in [0.2, 0.25) is 0 Å². The molecule has 1 N–H and O–H groups in total. The molecular formula is C29H31F3N6O3. The molecule has 41 heavy (non-hydrogen) atoms. The summed E-state index contributed by atoms with van der Waals surface area (Å²) in [6.45, 7) is 15.4.